The Hall–Kier alpha value is -1.00. The molecule has 13 heavy (non-hydrogen) atoms. The highest BCUT2D eigenvalue weighted by Crippen LogP contribution is 2.10. The van der Waals surface area contributed by atoms with E-state index in [9.17, 15) is 0 Å². The lowest BCUT2D eigenvalue weighted by Gasteiger charge is -2.11. The summed E-state index contributed by atoms with van der Waals surface area (Å²) >= 11 is 0. The van der Waals surface area contributed by atoms with Crippen molar-refractivity contribution < 1.29 is 4.74 Å². The molecule has 72 valence electrons. The number of nitrogens with zero attached hydrogens (tertiary/aromatic N) is 2. The Morgan fingerprint density at radius 1 is 1.46 bits per heavy atom. The standard InChI is InChI=1S/C9H15N3O/c1-7-3-4-9(12-11-7)8(5-10)6-13-2/h3-4,8H,5-6,10H2,1-2H3. The molecule has 0 spiro atoms. The van der Waals surface area contributed by atoms with E-state index < -0.39 is 0 Å². The van der Waals surface area contributed by atoms with E-state index in [0.717, 1.165) is 11.4 Å². The van der Waals surface area contributed by atoms with E-state index in [4.69, 9.17) is 10.5 Å². The van der Waals surface area contributed by atoms with Crippen molar-refractivity contribution in [1.29, 1.82) is 0 Å². The van der Waals surface area contributed by atoms with Gasteiger partial charge in [-0.25, -0.2) is 0 Å². The number of hydrogen-bond acceptors (Lipinski definition) is 4. The van der Waals surface area contributed by atoms with Gasteiger partial charge in [0.15, 0.2) is 0 Å². The van der Waals surface area contributed by atoms with E-state index in [-0.39, 0.29) is 5.92 Å². The summed E-state index contributed by atoms with van der Waals surface area (Å²) in [7, 11) is 1.66. The van der Waals surface area contributed by atoms with Crippen molar-refractivity contribution in [2.75, 3.05) is 20.3 Å². The van der Waals surface area contributed by atoms with Gasteiger partial charge in [-0.1, -0.05) is 0 Å². The molecule has 1 unspecified atom stereocenters. The molecule has 2 N–H and O–H groups in total. The minimum atomic E-state index is 0.151. The molecule has 1 aromatic rings. The summed E-state index contributed by atoms with van der Waals surface area (Å²) in [5.74, 6) is 0.151. The van der Waals surface area contributed by atoms with E-state index in [1.807, 2.05) is 19.1 Å². The summed E-state index contributed by atoms with van der Waals surface area (Å²) in [6, 6.07) is 3.87. The van der Waals surface area contributed by atoms with Gasteiger partial charge in [0, 0.05) is 19.6 Å². The second kappa shape index (κ2) is 4.89. The molecule has 1 heterocycles. The minimum Gasteiger partial charge on any atom is -0.384 e. The summed E-state index contributed by atoms with van der Waals surface area (Å²) in [6.07, 6.45) is 0. The molecule has 0 aliphatic heterocycles. The average Bonchev–Trinajstić information content (AvgIpc) is 2.16. The first kappa shape index (κ1) is 10.1. The van der Waals surface area contributed by atoms with Crippen LogP contribution in [0.3, 0.4) is 0 Å². The lowest BCUT2D eigenvalue weighted by atomic mass is 10.1. The molecule has 1 rings (SSSR count). The molecule has 0 radical (unpaired) electrons. The molecule has 0 amide bonds. The lowest BCUT2D eigenvalue weighted by Crippen LogP contribution is -2.18. The van der Waals surface area contributed by atoms with Crippen molar-refractivity contribution in [3.63, 3.8) is 0 Å². The van der Waals surface area contributed by atoms with Crippen LogP contribution in [0, 0.1) is 6.92 Å². The Morgan fingerprint density at radius 2 is 2.23 bits per heavy atom. The summed E-state index contributed by atoms with van der Waals surface area (Å²) in [4.78, 5) is 0. The fourth-order valence-electron chi connectivity index (χ4n) is 1.10. The van der Waals surface area contributed by atoms with E-state index >= 15 is 0 Å². The first-order chi connectivity index (χ1) is 6.27. The molecule has 0 saturated carbocycles. The maximum atomic E-state index is 5.58. The molecule has 0 fully saturated rings. The smallest absolute Gasteiger partial charge is 0.0697 e. The molecule has 1 atom stereocenters. The predicted octanol–water partition coefficient (Wildman–Crippen LogP) is 0.474. The number of aromatic nitrogens is 2. The second-order valence-electron chi connectivity index (χ2n) is 2.99. The summed E-state index contributed by atoms with van der Waals surface area (Å²) in [5.41, 5.74) is 7.39. The maximum absolute atomic E-state index is 5.58. The first-order valence-corrected chi connectivity index (χ1v) is 4.27. The summed E-state index contributed by atoms with van der Waals surface area (Å²) in [6.45, 7) is 3.03. The Bertz CT molecular complexity index is 248. The van der Waals surface area contributed by atoms with Crippen molar-refractivity contribution >= 4 is 0 Å². The Labute approximate surface area is 78.1 Å². The fourth-order valence-corrected chi connectivity index (χ4v) is 1.10. The van der Waals surface area contributed by atoms with Crippen molar-refractivity contribution in [2.24, 2.45) is 5.73 Å². The fraction of sp³-hybridized carbons (Fsp3) is 0.556. The molecule has 4 nitrogen and oxygen atoms in total. The zero-order valence-corrected chi connectivity index (χ0v) is 8.03. The van der Waals surface area contributed by atoms with Gasteiger partial charge in [-0.15, -0.1) is 0 Å². The highest BCUT2D eigenvalue weighted by atomic mass is 16.5. The van der Waals surface area contributed by atoms with Crippen LogP contribution in [0.1, 0.15) is 17.3 Å². The van der Waals surface area contributed by atoms with Gasteiger partial charge in [0.05, 0.1) is 18.0 Å². The first-order valence-electron chi connectivity index (χ1n) is 4.27. The molecular weight excluding hydrogens is 166 g/mol. The largest absolute Gasteiger partial charge is 0.384 e. The summed E-state index contributed by atoms with van der Waals surface area (Å²) in [5, 5.41) is 8.03. The van der Waals surface area contributed by atoms with Crippen LogP contribution in [0.5, 0.6) is 0 Å². The van der Waals surface area contributed by atoms with Crippen LogP contribution in [-0.4, -0.2) is 30.5 Å². The third-order valence-corrected chi connectivity index (χ3v) is 1.89. The van der Waals surface area contributed by atoms with Crippen LogP contribution in [0.4, 0.5) is 0 Å². The van der Waals surface area contributed by atoms with E-state index in [1.165, 1.54) is 0 Å². The predicted molar refractivity (Wildman–Crippen MR) is 50.4 cm³/mol. The van der Waals surface area contributed by atoms with E-state index in [0.29, 0.717) is 13.2 Å². The van der Waals surface area contributed by atoms with Crippen LogP contribution >= 0.6 is 0 Å². The van der Waals surface area contributed by atoms with Gasteiger partial charge < -0.3 is 10.5 Å². The van der Waals surface area contributed by atoms with Gasteiger partial charge in [0.25, 0.3) is 0 Å². The lowest BCUT2D eigenvalue weighted by molar-refractivity contribution is 0.179. The highest BCUT2D eigenvalue weighted by molar-refractivity contribution is 5.10. The average molecular weight is 181 g/mol. The molecular formula is C9H15N3O. The number of ether oxygens (including phenoxy) is 1. The number of hydrogen-bond donors (Lipinski definition) is 1. The molecule has 0 bridgehead atoms. The van der Waals surface area contributed by atoms with E-state index in [2.05, 4.69) is 10.2 Å². The van der Waals surface area contributed by atoms with Gasteiger partial charge >= 0.3 is 0 Å². The van der Waals surface area contributed by atoms with Gasteiger partial charge in [-0.3, -0.25) is 0 Å². The van der Waals surface area contributed by atoms with Crippen LogP contribution < -0.4 is 5.73 Å². The Balaban J connectivity index is 2.73. The Morgan fingerprint density at radius 3 is 2.69 bits per heavy atom. The zero-order valence-electron chi connectivity index (χ0n) is 8.03. The molecule has 0 aliphatic carbocycles. The second-order valence-corrected chi connectivity index (χ2v) is 2.99. The molecule has 0 aliphatic rings. The normalized spacial score (nSPS) is 12.8. The number of aryl methyl sites for hydroxylation is 1. The topological polar surface area (TPSA) is 61.0 Å². The highest BCUT2D eigenvalue weighted by Gasteiger charge is 2.10. The zero-order chi connectivity index (χ0) is 9.68. The maximum Gasteiger partial charge on any atom is 0.0697 e. The van der Waals surface area contributed by atoms with E-state index in [1.54, 1.807) is 7.11 Å². The van der Waals surface area contributed by atoms with Crippen molar-refractivity contribution in [1.82, 2.24) is 10.2 Å². The van der Waals surface area contributed by atoms with Gasteiger partial charge in [-0.05, 0) is 19.1 Å². The van der Waals surface area contributed by atoms with Gasteiger partial charge in [0.2, 0.25) is 0 Å². The summed E-state index contributed by atoms with van der Waals surface area (Å²) < 4.78 is 5.03. The molecule has 0 saturated heterocycles. The van der Waals surface area contributed by atoms with Crippen molar-refractivity contribution in [3.05, 3.63) is 23.5 Å². The number of rotatable bonds is 4. The molecule has 0 aromatic carbocycles. The molecule has 1 aromatic heterocycles. The minimum absolute atomic E-state index is 0.151. The van der Waals surface area contributed by atoms with Crippen LogP contribution in [0.2, 0.25) is 0 Å². The van der Waals surface area contributed by atoms with Crippen molar-refractivity contribution in [2.45, 2.75) is 12.8 Å². The van der Waals surface area contributed by atoms with Crippen molar-refractivity contribution in [3.8, 4) is 0 Å². The van der Waals surface area contributed by atoms with Crippen LogP contribution in [0.25, 0.3) is 0 Å². The third kappa shape index (κ3) is 2.75. The third-order valence-electron chi connectivity index (χ3n) is 1.89. The van der Waals surface area contributed by atoms with Gasteiger partial charge in [0.1, 0.15) is 0 Å². The SMILES string of the molecule is COCC(CN)c1ccc(C)nn1. The van der Waals surface area contributed by atoms with Crippen LogP contribution in [0.15, 0.2) is 12.1 Å². The molecule has 4 heteroatoms. The number of methoxy groups -OCH3 is 1. The van der Waals surface area contributed by atoms with Gasteiger partial charge in [-0.2, -0.15) is 10.2 Å². The monoisotopic (exact) mass is 181 g/mol. The van der Waals surface area contributed by atoms with Crippen LogP contribution in [-0.2, 0) is 4.74 Å². The number of nitrogens with two attached hydrogens (primary N) is 1. The quantitative estimate of drug-likeness (QED) is 0.733. The Kier molecular flexibility index (Phi) is 3.79.